The lowest BCUT2D eigenvalue weighted by Gasteiger charge is -2.03. The molecule has 25 heavy (non-hydrogen) atoms. The Morgan fingerprint density at radius 1 is 0.920 bits per heavy atom. The maximum Gasteiger partial charge on any atom is 0.234 e. The highest BCUT2D eigenvalue weighted by Gasteiger charge is 1.98. The first-order valence-corrected chi connectivity index (χ1v) is 7.16. The average Bonchev–Trinajstić information content (AvgIpc) is 2.62. The number of hydrazone groups is 1. The van der Waals surface area contributed by atoms with E-state index in [1.807, 2.05) is 48.5 Å². The monoisotopic (exact) mass is 361 g/mol. The molecule has 8 heteroatoms. The van der Waals surface area contributed by atoms with Gasteiger partial charge in [-0.05, 0) is 24.3 Å². The molecule has 2 aromatic rings. The van der Waals surface area contributed by atoms with Crippen molar-refractivity contribution < 1.29 is 9.47 Å². The van der Waals surface area contributed by atoms with E-state index >= 15 is 0 Å². The number of rotatable bonds is 6. The van der Waals surface area contributed by atoms with Crippen molar-refractivity contribution in [2.75, 3.05) is 14.2 Å². The molecule has 0 spiro atoms. The van der Waals surface area contributed by atoms with E-state index in [0.717, 1.165) is 11.1 Å². The summed E-state index contributed by atoms with van der Waals surface area (Å²) < 4.78 is 10.4. The first-order chi connectivity index (χ1) is 11.7. The fourth-order valence-corrected chi connectivity index (χ4v) is 1.89. The molecule has 0 aromatic heterocycles. The van der Waals surface area contributed by atoms with Crippen molar-refractivity contribution in [3.8, 4) is 11.5 Å². The van der Waals surface area contributed by atoms with E-state index < -0.39 is 0 Å². The van der Waals surface area contributed by atoms with E-state index in [0.29, 0.717) is 11.5 Å². The molecule has 3 N–H and O–H groups in total. The van der Waals surface area contributed by atoms with Gasteiger partial charge in [0.25, 0.3) is 0 Å². The summed E-state index contributed by atoms with van der Waals surface area (Å²) in [5.41, 5.74) is 9.90. The highest BCUT2D eigenvalue weighted by atomic mass is 35.5. The Kier molecular flexibility index (Phi) is 8.53. The SMILES string of the molecule is COc1ccccc1C=NN=C(N)NN=Cc1ccccc1OC.Cl. The first kappa shape index (κ1) is 20.0. The molecule has 0 heterocycles. The van der Waals surface area contributed by atoms with Crippen LogP contribution in [0.3, 0.4) is 0 Å². The summed E-state index contributed by atoms with van der Waals surface area (Å²) >= 11 is 0. The fraction of sp³-hybridized carbons (Fsp3) is 0.118. The maximum absolute atomic E-state index is 5.69. The second-order valence-corrected chi connectivity index (χ2v) is 4.58. The van der Waals surface area contributed by atoms with Gasteiger partial charge >= 0.3 is 0 Å². The van der Waals surface area contributed by atoms with Gasteiger partial charge in [0.2, 0.25) is 5.96 Å². The van der Waals surface area contributed by atoms with E-state index in [1.165, 1.54) is 0 Å². The molecule has 0 aliphatic carbocycles. The minimum absolute atomic E-state index is 0. The number of nitrogens with zero attached hydrogens (tertiary/aromatic N) is 3. The number of hydrogen-bond acceptors (Lipinski definition) is 5. The number of ether oxygens (including phenoxy) is 2. The van der Waals surface area contributed by atoms with E-state index in [4.69, 9.17) is 15.2 Å². The van der Waals surface area contributed by atoms with Gasteiger partial charge < -0.3 is 15.2 Å². The molecule has 2 aromatic carbocycles. The number of methoxy groups -OCH3 is 2. The third-order valence-corrected chi connectivity index (χ3v) is 3.02. The normalized spacial score (nSPS) is 11.4. The predicted octanol–water partition coefficient (Wildman–Crippen LogP) is 2.40. The third kappa shape index (κ3) is 6.15. The Hall–Kier alpha value is -3.06. The number of halogens is 1. The molecular weight excluding hydrogens is 342 g/mol. The van der Waals surface area contributed by atoms with Crippen LogP contribution in [0, 0.1) is 0 Å². The van der Waals surface area contributed by atoms with Gasteiger partial charge in [0, 0.05) is 11.1 Å². The van der Waals surface area contributed by atoms with Gasteiger partial charge in [-0.3, -0.25) is 0 Å². The van der Waals surface area contributed by atoms with Crippen molar-refractivity contribution in [1.82, 2.24) is 5.43 Å². The van der Waals surface area contributed by atoms with Crippen LogP contribution in [-0.4, -0.2) is 32.6 Å². The topological polar surface area (TPSA) is 93.6 Å². The Balaban J connectivity index is 0.00000312. The van der Waals surface area contributed by atoms with Gasteiger partial charge in [-0.25, -0.2) is 5.43 Å². The van der Waals surface area contributed by atoms with Crippen LogP contribution >= 0.6 is 12.4 Å². The van der Waals surface area contributed by atoms with Crippen LogP contribution in [0.1, 0.15) is 11.1 Å². The average molecular weight is 362 g/mol. The molecule has 0 saturated heterocycles. The zero-order chi connectivity index (χ0) is 17.2. The number of guanidine groups is 1. The molecule has 2 rings (SSSR count). The van der Waals surface area contributed by atoms with Crippen LogP contribution in [0.15, 0.2) is 63.8 Å². The zero-order valence-corrected chi connectivity index (χ0v) is 14.7. The highest BCUT2D eigenvalue weighted by Crippen LogP contribution is 2.15. The lowest BCUT2D eigenvalue weighted by atomic mass is 10.2. The zero-order valence-electron chi connectivity index (χ0n) is 13.9. The van der Waals surface area contributed by atoms with Crippen molar-refractivity contribution in [2.24, 2.45) is 21.0 Å². The molecule has 0 aliphatic heterocycles. The Morgan fingerprint density at radius 2 is 1.44 bits per heavy atom. The van der Waals surface area contributed by atoms with Gasteiger partial charge in [0.05, 0.1) is 26.6 Å². The Labute approximate surface area is 152 Å². The lowest BCUT2D eigenvalue weighted by Crippen LogP contribution is -2.26. The van der Waals surface area contributed by atoms with E-state index in [9.17, 15) is 0 Å². The highest BCUT2D eigenvalue weighted by molar-refractivity contribution is 5.87. The minimum Gasteiger partial charge on any atom is -0.496 e. The largest absolute Gasteiger partial charge is 0.496 e. The van der Waals surface area contributed by atoms with Gasteiger partial charge in [-0.1, -0.05) is 24.3 Å². The quantitative estimate of drug-likeness (QED) is 0.469. The summed E-state index contributed by atoms with van der Waals surface area (Å²) in [5, 5.41) is 11.7. The summed E-state index contributed by atoms with van der Waals surface area (Å²) in [6.45, 7) is 0. The molecular formula is C17H20ClN5O2. The van der Waals surface area contributed by atoms with Gasteiger partial charge in [0.1, 0.15) is 11.5 Å². The summed E-state index contributed by atoms with van der Waals surface area (Å²) in [6, 6.07) is 14.9. The Bertz CT molecular complexity index is 762. The second-order valence-electron chi connectivity index (χ2n) is 4.58. The smallest absolute Gasteiger partial charge is 0.234 e. The van der Waals surface area contributed by atoms with E-state index in [-0.39, 0.29) is 18.4 Å². The van der Waals surface area contributed by atoms with Crippen molar-refractivity contribution in [3.63, 3.8) is 0 Å². The molecule has 0 amide bonds. The molecule has 0 fully saturated rings. The van der Waals surface area contributed by atoms with Crippen molar-refractivity contribution in [1.29, 1.82) is 0 Å². The van der Waals surface area contributed by atoms with Crippen molar-refractivity contribution >= 4 is 30.8 Å². The van der Waals surface area contributed by atoms with Crippen LogP contribution in [0.25, 0.3) is 0 Å². The van der Waals surface area contributed by atoms with Crippen LogP contribution in [0.4, 0.5) is 0 Å². The molecule has 132 valence electrons. The molecule has 0 saturated carbocycles. The molecule has 7 nitrogen and oxygen atoms in total. The number of nitrogens with one attached hydrogen (secondary N) is 1. The van der Waals surface area contributed by atoms with Crippen LogP contribution in [0.2, 0.25) is 0 Å². The number of para-hydroxylation sites is 2. The van der Waals surface area contributed by atoms with Crippen molar-refractivity contribution in [3.05, 3.63) is 59.7 Å². The minimum atomic E-state index is 0. The molecule has 0 bridgehead atoms. The summed E-state index contributed by atoms with van der Waals surface area (Å²) in [7, 11) is 3.20. The summed E-state index contributed by atoms with van der Waals surface area (Å²) in [6.07, 6.45) is 3.14. The second kappa shape index (κ2) is 10.7. The predicted molar refractivity (Wildman–Crippen MR) is 103 cm³/mol. The maximum atomic E-state index is 5.69. The van der Waals surface area contributed by atoms with Gasteiger partial charge in [-0.15, -0.1) is 17.5 Å². The fourth-order valence-electron chi connectivity index (χ4n) is 1.89. The molecule has 0 aliphatic rings. The van der Waals surface area contributed by atoms with Crippen LogP contribution in [0.5, 0.6) is 11.5 Å². The number of benzene rings is 2. The van der Waals surface area contributed by atoms with Crippen LogP contribution in [-0.2, 0) is 0 Å². The summed E-state index contributed by atoms with van der Waals surface area (Å²) in [4.78, 5) is 0. The molecule has 0 unspecified atom stereocenters. The Morgan fingerprint density at radius 3 is 2.00 bits per heavy atom. The number of nitrogens with two attached hydrogens (primary N) is 1. The van der Waals surface area contributed by atoms with Crippen LogP contribution < -0.4 is 20.6 Å². The van der Waals surface area contributed by atoms with E-state index in [1.54, 1.807) is 26.6 Å². The van der Waals surface area contributed by atoms with Gasteiger partial charge in [-0.2, -0.15) is 10.2 Å². The van der Waals surface area contributed by atoms with Crippen molar-refractivity contribution in [2.45, 2.75) is 0 Å². The summed E-state index contributed by atoms with van der Waals surface area (Å²) in [5.74, 6) is 1.48. The standard InChI is InChI=1S/C17H19N5O2.ClH/c1-23-15-9-5-3-7-13(15)11-19-21-17(18)22-20-12-14-8-4-6-10-16(14)24-2;/h3-12H,1-2H3,(H3,18,21,22);1H. The molecule has 0 atom stereocenters. The third-order valence-electron chi connectivity index (χ3n) is 3.02. The van der Waals surface area contributed by atoms with Gasteiger partial charge in [0.15, 0.2) is 0 Å². The lowest BCUT2D eigenvalue weighted by molar-refractivity contribution is 0.414. The van der Waals surface area contributed by atoms with E-state index in [2.05, 4.69) is 20.7 Å². The first-order valence-electron chi connectivity index (χ1n) is 7.16. The molecule has 0 radical (unpaired) electrons. The number of hydrogen-bond donors (Lipinski definition) is 2.